The first-order valence-corrected chi connectivity index (χ1v) is 5.42. The van der Waals surface area contributed by atoms with Crippen molar-refractivity contribution in [3.8, 4) is 0 Å². The van der Waals surface area contributed by atoms with Gasteiger partial charge in [-0.15, -0.1) is 0 Å². The summed E-state index contributed by atoms with van der Waals surface area (Å²) in [4.78, 5) is 22.1. The summed E-state index contributed by atoms with van der Waals surface area (Å²) in [5.74, 6) is -0.227. The van der Waals surface area contributed by atoms with Crippen LogP contribution in [0.5, 0.6) is 0 Å². The Morgan fingerprint density at radius 2 is 1.80 bits per heavy atom. The third kappa shape index (κ3) is 3.87. The van der Waals surface area contributed by atoms with Gasteiger partial charge in [0.1, 0.15) is 0 Å². The average Bonchev–Trinajstić information content (AvgIpc) is 2.18. The first kappa shape index (κ1) is 12.0. The summed E-state index contributed by atoms with van der Waals surface area (Å²) in [6, 6.07) is 0.194. The molecule has 0 spiro atoms. The Morgan fingerprint density at radius 3 is 2.27 bits per heavy atom. The second kappa shape index (κ2) is 5.70. The van der Waals surface area contributed by atoms with E-state index in [1.807, 2.05) is 0 Å². The van der Waals surface area contributed by atoms with E-state index in [0.717, 1.165) is 25.7 Å². The number of primary amides is 1. The summed E-state index contributed by atoms with van der Waals surface area (Å²) in [7, 11) is 0. The van der Waals surface area contributed by atoms with Crippen molar-refractivity contribution in [2.75, 3.05) is 6.54 Å². The fraction of sp³-hybridized carbons (Fsp3) is 0.800. The number of amides is 2. The van der Waals surface area contributed by atoms with E-state index in [1.165, 1.54) is 0 Å². The van der Waals surface area contributed by atoms with Gasteiger partial charge in [-0.05, 0) is 25.7 Å². The maximum atomic E-state index is 11.2. The molecule has 0 aliphatic heterocycles. The maximum absolute atomic E-state index is 11.2. The van der Waals surface area contributed by atoms with E-state index in [9.17, 15) is 9.59 Å². The van der Waals surface area contributed by atoms with E-state index in [4.69, 9.17) is 11.5 Å². The Morgan fingerprint density at radius 1 is 1.20 bits per heavy atom. The third-order valence-corrected chi connectivity index (χ3v) is 2.87. The van der Waals surface area contributed by atoms with Crippen LogP contribution in [0.3, 0.4) is 0 Å². The Hall–Kier alpha value is -1.10. The average molecular weight is 213 g/mol. The van der Waals surface area contributed by atoms with Crippen molar-refractivity contribution in [3.63, 3.8) is 0 Å². The molecule has 1 aliphatic carbocycles. The molecule has 0 unspecified atom stereocenters. The fourth-order valence-corrected chi connectivity index (χ4v) is 1.95. The molecule has 2 amide bonds. The lowest BCUT2D eigenvalue weighted by Crippen LogP contribution is -2.40. The van der Waals surface area contributed by atoms with Crippen LogP contribution in [0.1, 0.15) is 32.1 Å². The summed E-state index contributed by atoms with van der Waals surface area (Å²) in [6.45, 7) is 0.377. The van der Waals surface area contributed by atoms with E-state index >= 15 is 0 Å². The molecule has 0 saturated heterocycles. The number of rotatable bonds is 4. The molecule has 1 saturated carbocycles. The number of nitrogens with two attached hydrogens (primary N) is 2. The Labute approximate surface area is 89.6 Å². The van der Waals surface area contributed by atoms with Crippen LogP contribution < -0.4 is 16.8 Å². The normalized spacial score (nSPS) is 25.9. The molecular formula is C10H19N3O2. The van der Waals surface area contributed by atoms with Crippen LogP contribution in [0.15, 0.2) is 0 Å². The standard InChI is InChI=1S/C10H19N3O2/c11-6-5-9(14)13-8-3-1-7(2-4-8)10(12)15/h7-8H,1-6,11H2,(H2,12,15)(H,13,14). The monoisotopic (exact) mass is 213 g/mol. The zero-order valence-electron chi connectivity index (χ0n) is 8.87. The molecule has 0 heterocycles. The molecule has 0 aromatic carbocycles. The maximum Gasteiger partial charge on any atom is 0.221 e. The molecule has 5 N–H and O–H groups in total. The van der Waals surface area contributed by atoms with Crippen LogP contribution in [-0.4, -0.2) is 24.4 Å². The van der Waals surface area contributed by atoms with Gasteiger partial charge in [-0.25, -0.2) is 0 Å². The Kier molecular flexibility index (Phi) is 4.55. The van der Waals surface area contributed by atoms with Gasteiger partial charge >= 0.3 is 0 Å². The minimum atomic E-state index is -0.221. The van der Waals surface area contributed by atoms with Gasteiger partial charge in [-0.1, -0.05) is 0 Å². The second-order valence-electron chi connectivity index (χ2n) is 4.06. The predicted octanol–water partition coefficient (Wildman–Crippen LogP) is -0.504. The lowest BCUT2D eigenvalue weighted by Gasteiger charge is -2.27. The van der Waals surface area contributed by atoms with Gasteiger partial charge in [0.2, 0.25) is 11.8 Å². The quantitative estimate of drug-likeness (QED) is 0.587. The number of carbonyl (C=O) groups excluding carboxylic acids is 2. The Balaban J connectivity index is 2.25. The molecule has 0 radical (unpaired) electrons. The van der Waals surface area contributed by atoms with Gasteiger partial charge in [0, 0.05) is 24.9 Å². The highest BCUT2D eigenvalue weighted by Gasteiger charge is 2.25. The van der Waals surface area contributed by atoms with Gasteiger partial charge < -0.3 is 16.8 Å². The smallest absolute Gasteiger partial charge is 0.221 e. The summed E-state index contributed by atoms with van der Waals surface area (Å²) in [5, 5.41) is 2.91. The molecule has 15 heavy (non-hydrogen) atoms. The van der Waals surface area contributed by atoms with Gasteiger partial charge in [0.05, 0.1) is 0 Å². The molecule has 86 valence electrons. The third-order valence-electron chi connectivity index (χ3n) is 2.87. The van der Waals surface area contributed by atoms with Crippen LogP contribution in [0.2, 0.25) is 0 Å². The van der Waals surface area contributed by atoms with Crippen molar-refractivity contribution in [1.29, 1.82) is 0 Å². The number of carbonyl (C=O) groups is 2. The summed E-state index contributed by atoms with van der Waals surface area (Å²) >= 11 is 0. The summed E-state index contributed by atoms with van der Waals surface area (Å²) < 4.78 is 0. The first-order valence-electron chi connectivity index (χ1n) is 5.42. The highest BCUT2D eigenvalue weighted by Crippen LogP contribution is 2.23. The molecule has 0 bridgehead atoms. The highest BCUT2D eigenvalue weighted by molar-refractivity contribution is 5.77. The highest BCUT2D eigenvalue weighted by atomic mass is 16.2. The van der Waals surface area contributed by atoms with Gasteiger partial charge in [0.25, 0.3) is 0 Å². The van der Waals surface area contributed by atoms with Crippen molar-refractivity contribution in [3.05, 3.63) is 0 Å². The van der Waals surface area contributed by atoms with E-state index in [0.29, 0.717) is 13.0 Å². The molecule has 0 atom stereocenters. The lowest BCUT2D eigenvalue weighted by atomic mass is 9.85. The zero-order chi connectivity index (χ0) is 11.3. The first-order chi connectivity index (χ1) is 7.13. The van der Waals surface area contributed by atoms with E-state index < -0.39 is 0 Å². The van der Waals surface area contributed by atoms with Gasteiger partial charge in [-0.2, -0.15) is 0 Å². The van der Waals surface area contributed by atoms with Crippen LogP contribution in [-0.2, 0) is 9.59 Å². The molecule has 5 heteroatoms. The lowest BCUT2D eigenvalue weighted by molar-refractivity contribution is -0.123. The molecule has 0 aromatic heterocycles. The molecule has 1 rings (SSSR count). The van der Waals surface area contributed by atoms with Gasteiger partial charge in [-0.3, -0.25) is 9.59 Å². The molecule has 5 nitrogen and oxygen atoms in total. The van der Waals surface area contributed by atoms with Crippen LogP contribution in [0.4, 0.5) is 0 Å². The minimum Gasteiger partial charge on any atom is -0.369 e. The van der Waals surface area contributed by atoms with Crippen molar-refractivity contribution >= 4 is 11.8 Å². The van der Waals surface area contributed by atoms with Crippen molar-refractivity contribution < 1.29 is 9.59 Å². The van der Waals surface area contributed by atoms with Crippen molar-refractivity contribution in [2.45, 2.75) is 38.1 Å². The summed E-state index contributed by atoms with van der Waals surface area (Å²) in [5.41, 5.74) is 10.5. The van der Waals surface area contributed by atoms with E-state index in [1.54, 1.807) is 0 Å². The van der Waals surface area contributed by atoms with Crippen LogP contribution in [0, 0.1) is 5.92 Å². The molecule has 1 aliphatic rings. The predicted molar refractivity (Wildman–Crippen MR) is 56.8 cm³/mol. The van der Waals surface area contributed by atoms with Crippen molar-refractivity contribution in [2.24, 2.45) is 17.4 Å². The zero-order valence-corrected chi connectivity index (χ0v) is 8.87. The van der Waals surface area contributed by atoms with E-state index in [2.05, 4.69) is 5.32 Å². The van der Waals surface area contributed by atoms with Crippen LogP contribution >= 0.6 is 0 Å². The fourth-order valence-electron chi connectivity index (χ4n) is 1.95. The van der Waals surface area contributed by atoms with Gasteiger partial charge in [0.15, 0.2) is 0 Å². The number of hydrogen-bond acceptors (Lipinski definition) is 3. The summed E-state index contributed by atoms with van der Waals surface area (Å²) in [6.07, 6.45) is 3.61. The molecular weight excluding hydrogens is 194 g/mol. The minimum absolute atomic E-state index is 0.0000231. The van der Waals surface area contributed by atoms with E-state index in [-0.39, 0.29) is 23.8 Å². The topological polar surface area (TPSA) is 98.2 Å². The Bertz CT molecular complexity index is 235. The van der Waals surface area contributed by atoms with Crippen LogP contribution in [0.25, 0.3) is 0 Å². The van der Waals surface area contributed by atoms with Crippen molar-refractivity contribution in [1.82, 2.24) is 5.32 Å². The molecule has 1 fully saturated rings. The SMILES string of the molecule is NCCC(=O)NC1CCC(C(N)=O)CC1. The largest absolute Gasteiger partial charge is 0.369 e. The number of hydrogen-bond donors (Lipinski definition) is 3. The molecule has 0 aromatic rings. The second-order valence-corrected chi connectivity index (χ2v) is 4.06. The number of nitrogens with one attached hydrogen (secondary N) is 1.